The average Bonchev–Trinajstić information content (AvgIpc) is 3.19. The second-order valence-corrected chi connectivity index (χ2v) is 9.97. The van der Waals surface area contributed by atoms with E-state index in [4.69, 9.17) is 0 Å². The molecule has 0 saturated carbocycles. The smallest absolute Gasteiger partial charge is 0.251 e. The van der Waals surface area contributed by atoms with Crippen LogP contribution in [0.5, 0.6) is 0 Å². The fourth-order valence-electron chi connectivity index (χ4n) is 3.15. The molecule has 0 aliphatic carbocycles. The quantitative estimate of drug-likeness (QED) is 0.338. The highest BCUT2D eigenvalue weighted by atomic mass is 32.2. The number of hydrogen-bond acceptors (Lipinski definition) is 5. The topological polar surface area (TPSA) is 104 Å². The lowest BCUT2D eigenvalue weighted by atomic mass is 10.1. The van der Waals surface area contributed by atoms with Gasteiger partial charge in [0.25, 0.3) is 5.91 Å². The molecule has 164 valence electrons. The van der Waals surface area contributed by atoms with Crippen molar-refractivity contribution >= 4 is 44.4 Å². The van der Waals surface area contributed by atoms with E-state index < -0.39 is 10.0 Å². The molecule has 0 bridgehead atoms. The number of thioether (sulfide) groups is 1. The predicted octanol–water partition coefficient (Wildman–Crippen LogP) is 4.16. The number of hydrogen-bond donors (Lipinski definition) is 3. The van der Waals surface area contributed by atoms with Gasteiger partial charge in [-0.05, 0) is 41.5 Å². The molecular formula is C23H22N4O3S2. The Bertz CT molecular complexity index is 1320. The van der Waals surface area contributed by atoms with Gasteiger partial charge in [-0.2, -0.15) is 0 Å². The number of benzene rings is 3. The minimum absolute atomic E-state index is 0.210. The predicted molar refractivity (Wildman–Crippen MR) is 128 cm³/mol. The Morgan fingerprint density at radius 2 is 1.72 bits per heavy atom. The summed E-state index contributed by atoms with van der Waals surface area (Å²) in [7, 11) is -3.40. The van der Waals surface area contributed by atoms with Crippen molar-refractivity contribution in [1.29, 1.82) is 0 Å². The maximum Gasteiger partial charge on any atom is 0.251 e. The Labute approximate surface area is 190 Å². The fraction of sp³-hybridized carbons (Fsp3) is 0.130. The number of H-pyrrole nitrogens is 1. The number of nitrogens with zero attached hydrogens (tertiary/aromatic N) is 1. The Morgan fingerprint density at radius 3 is 2.47 bits per heavy atom. The largest absolute Gasteiger partial charge is 0.348 e. The van der Waals surface area contributed by atoms with Crippen molar-refractivity contribution in [1.82, 2.24) is 15.3 Å². The second kappa shape index (κ2) is 9.46. The van der Waals surface area contributed by atoms with E-state index in [1.54, 1.807) is 48.2 Å². The number of amides is 1. The molecule has 4 aromatic rings. The first-order chi connectivity index (χ1) is 15.4. The third-order valence-corrected chi connectivity index (χ3v) is 6.25. The van der Waals surface area contributed by atoms with E-state index in [0.717, 1.165) is 33.8 Å². The van der Waals surface area contributed by atoms with Crippen LogP contribution < -0.4 is 10.0 Å². The lowest BCUT2D eigenvalue weighted by molar-refractivity contribution is 0.0951. The molecule has 1 aromatic heterocycles. The zero-order chi connectivity index (χ0) is 22.6. The summed E-state index contributed by atoms with van der Waals surface area (Å²) >= 11 is 1.60. The number of aromatic nitrogens is 2. The molecule has 4 rings (SSSR count). The van der Waals surface area contributed by atoms with Crippen molar-refractivity contribution in [3.05, 3.63) is 89.5 Å². The van der Waals surface area contributed by atoms with Crippen LogP contribution >= 0.6 is 11.8 Å². The molecule has 0 aliphatic rings. The maximum absolute atomic E-state index is 12.5. The Balaban J connectivity index is 1.34. The van der Waals surface area contributed by atoms with Crippen molar-refractivity contribution in [3.63, 3.8) is 0 Å². The van der Waals surface area contributed by atoms with Gasteiger partial charge in [0.1, 0.15) is 0 Å². The normalized spacial score (nSPS) is 11.4. The van der Waals surface area contributed by atoms with E-state index in [0.29, 0.717) is 16.8 Å². The first-order valence-electron chi connectivity index (χ1n) is 9.88. The Hall–Kier alpha value is -3.30. The van der Waals surface area contributed by atoms with Crippen LogP contribution in [0.3, 0.4) is 0 Å². The van der Waals surface area contributed by atoms with Gasteiger partial charge >= 0.3 is 0 Å². The molecule has 3 N–H and O–H groups in total. The molecule has 1 heterocycles. The summed E-state index contributed by atoms with van der Waals surface area (Å²) in [6.07, 6.45) is 1.09. The minimum atomic E-state index is -3.40. The first kappa shape index (κ1) is 21.9. The van der Waals surface area contributed by atoms with E-state index in [-0.39, 0.29) is 12.5 Å². The highest BCUT2D eigenvalue weighted by molar-refractivity contribution is 7.98. The number of rotatable bonds is 8. The van der Waals surface area contributed by atoms with Crippen LogP contribution in [0.4, 0.5) is 5.69 Å². The highest BCUT2D eigenvalue weighted by Crippen LogP contribution is 2.23. The molecule has 0 unspecified atom stereocenters. The zero-order valence-corrected chi connectivity index (χ0v) is 19.0. The lowest BCUT2D eigenvalue weighted by Gasteiger charge is -2.11. The number of aromatic amines is 1. The van der Waals surface area contributed by atoms with Gasteiger partial charge in [-0.3, -0.25) is 9.52 Å². The van der Waals surface area contributed by atoms with Gasteiger partial charge in [0.15, 0.2) is 5.16 Å². The molecule has 1 amide bonds. The highest BCUT2D eigenvalue weighted by Gasteiger charge is 2.10. The summed E-state index contributed by atoms with van der Waals surface area (Å²) in [5.74, 6) is 0.502. The van der Waals surface area contributed by atoms with Gasteiger partial charge in [-0.25, -0.2) is 13.4 Å². The summed E-state index contributed by atoms with van der Waals surface area (Å²) in [5.41, 5.74) is 4.70. The average molecular weight is 467 g/mol. The fourth-order valence-corrected chi connectivity index (χ4v) is 4.59. The van der Waals surface area contributed by atoms with Gasteiger partial charge < -0.3 is 10.3 Å². The van der Waals surface area contributed by atoms with Gasteiger partial charge in [0.05, 0.1) is 23.0 Å². The number of fused-ring (bicyclic) bond motifs is 1. The molecule has 0 saturated heterocycles. The van der Waals surface area contributed by atoms with Crippen molar-refractivity contribution in [3.8, 4) is 0 Å². The molecule has 0 spiro atoms. The van der Waals surface area contributed by atoms with E-state index in [1.807, 2.05) is 36.4 Å². The van der Waals surface area contributed by atoms with E-state index in [2.05, 4.69) is 20.0 Å². The van der Waals surface area contributed by atoms with Crippen molar-refractivity contribution < 1.29 is 13.2 Å². The van der Waals surface area contributed by atoms with Gasteiger partial charge in [-0.15, -0.1) is 0 Å². The summed E-state index contributed by atoms with van der Waals surface area (Å²) in [6, 6.07) is 22.3. The summed E-state index contributed by atoms with van der Waals surface area (Å²) in [6.45, 7) is 0.210. The van der Waals surface area contributed by atoms with Crippen LogP contribution in [0.15, 0.2) is 78.0 Å². The number of para-hydroxylation sites is 3. The molecule has 0 aliphatic heterocycles. The van der Waals surface area contributed by atoms with Crippen molar-refractivity contribution in [2.24, 2.45) is 0 Å². The van der Waals surface area contributed by atoms with Crippen molar-refractivity contribution in [2.75, 3.05) is 11.0 Å². The van der Waals surface area contributed by atoms with E-state index >= 15 is 0 Å². The molecule has 3 aromatic carbocycles. The monoisotopic (exact) mass is 466 g/mol. The summed E-state index contributed by atoms with van der Waals surface area (Å²) in [5, 5.41) is 3.70. The molecule has 0 atom stereocenters. The van der Waals surface area contributed by atoms with Gasteiger partial charge in [0, 0.05) is 17.9 Å². The Kier molecular flexibility index (Phi) is 6.48. The van der Waals surface area contributed by atoms with Crippen LogP contribution in [0.2, 0.25) is 0 Å². The number of carbonyl (C=O) groups excluding carboxylic acids is 1. The van der Waals surface area contributed by atoms with Gasteiger partial charge in [0.2, 0.25) is 10.0 Å². The summed E-state index contributed by atoms with van der Waals surface area (Å²) in [4.78, 5) is 20.4. The minimum Gasteiger partial charge on any atom is -0.348 e. The zero-order valence-electron chi connectivity index (χ0n) is 17.3. The van der Waals surface area contributed by atoms with Gasteiger partial charge in [-0.1, -0.05) is 54.2 Å². The molecule has 32 heavy (non-hydrogen) atoms. The van der Waals surface area contributed by atoms with Crippen LogP contribution in [-0.4, -0.2) is 30.5 Å². The molecule has 0 radical (unpaired) electrons. The standard InChI is InChI=1S/C23H22N4O3S2/c1-32(29,30)27-19-7-3-2-6-18(19)14-24-22(28)17-12-10-16(11-13-17)15-31-23-25-20-8-4-5-9-21(20)26-23/h2-13,27H,14-15H2,1H3,(H,24,28)(H,25,26). The summed E-state index contributed by atoms with van der Waals surface area (Å²) < 4.78 is 25.5. The maximum atomic E-state index is 12.5. The molecule has 7 nitrogen and oxygen atoms in total. The third-order valence-electron chi connectivity index (χ3n) is 4.71. The second-order valence-electron chi connectivity index (χ2n) is 7.26. The number of nitrogens with one attached hydrogen (secondary N) is 3. The first-order valence-corrected chi connectivity index (χ1v) is 12.8. The molecule has 9 heteroatoms. The SMILES string of the molecule is CS(=O)(=O)Nc1ccccc1CNC(=O)c1ccc(CSc2nc3ccccc3[nH]2)cc1. The molecular weight excluding hydrogens is 444 g/mol. The number of carbonyl (C=O) groups is 1. The number of anilines is 1. The Morgan fingerprint density at radius 1 is 1.00 bits per heavy atom. The van der Waals surface area contributed by atoms with E-state index in [9.17, 15) is 13.2 Å². The van der Waals surface area contributed by atoms with Crippen LogP contribution in [0.25, 0.3) is 11.0 Å². The molecule has 0 fully saturated rings. The number of sulfonamides is 1. The van der Waals surface area contributed by atoms with Crippen LogP contribution in [0.1, 0.15) is 21.5 Å². The van der Waals surface area contributed by atoms with E-state index in [1.165, 1.54) is 0 Å². The van der Waals surface area contributed by atoms with Crippen molar-refractivity contribution in [2.45, 2.75) is 17.5 Å². The lowest BCUT2D eigenvalue weighted by Crippen LogP contribution is -2.23. The van der Waals surface area contributed by atoms with Crippen LogP contribution in [0, 0.1) is 0 Å². The van der Waals surface area contributed by atoms with Crippen LogP contribution in [-0.2, 0) is 22.3 Å². The third kappa shape index (κ3) is 5.68. The number of imidazole rings is 1.